The third-order valence-corrected chi connectivity index (χ3v) is 5.66. The van der Waals surface area contributed by atoms with Gasteiger partial charge < -0.3 is 15.8 Å². The molecular weight excluding hydrogens is 384 g/mol. The maximum absolute atomic E-state index is 12.9. The van der Waals surface area contributed by atoms with Gasteiger partial charge >= 0.3 is 6.03 Å². The zero-order valence-electron chi connectivity index (χ0n) is 16.5. The Kier molecular flexibility index (Phi) is 5.65. The van der Waals surface area contributed by atoms with Crippen LogP contribution in [-0.4, -0.2) is 45.9 Å². The average molecular weight is 408 g/mol. The Hall–Kier alpha value is -3.42. The Labute approximate surface area is 174 Å². The summed E-state index contributed by atoms with van der Waals surface area (Å²) in [5, 5.41) is 2.82. The van der Waals surface area contributed by atoms with Crippen molar-refractivity contribution < 1.29 is 19.1 Å². The molecule has 1 aliphatic carbocycles. The Morgan fingerprint density at radius 2 is 1.83 bits per heavy atom. The molecule has 0 bridgehead atoms. The first-order chi connectivity index (χ1) is 14.5. The van der Waals surface area contributed by atoms with Gasteiger partial charge in [-0.05, 0) is 43.4 Å². The van der Waals surface area contributed by atoms with E-state index in [9.17, 15) is 14.4 Å². The number of benzene rings is 1. The molecule has 156 valence electrons. The van der Waals surface area contributed by atoms with Crippen molar-refractivity contribution in [2.45, 2.75) is 50.3 Å². The highest BCUT2D eigenvalue weighted by atomic mass is 16.5. The van der Waals surface area contributed by atoms with Crippen LogP contribution in [0.3, 0.4) is 0 Å². The lowest BCUT2D eigenvalue weighted by Gasteiger charge is -2.33. The van der Waals surface area contributed by atoms with Crippen LogP contribution >= 0.6 is 0 Å². The summed E-state index contributed by atoms with van der Waals surface area (Å²) in [4.78, 5) is 42.4. The lowest BCUT2D eigenvalue weighted by molar-refractivity contribution is -0.129. The largest absolute Gasteiger partial charge is 0.474 e. The minimum absolute atomic E-state index is 0.143. The van der Waals surface area contributed by atoms with Crippen molar-refractivity contribution in [3.8, 4) is 5.88 Å². The van der Waals surface area contributed by atoms with Crippen LogP contribution in [0.2, 0.25) is 0 Å². The minimum Gasteiger partial charge on any atom is -0.474 e. The third kappa shape index (κ3) is 4.12. The number of ether oxygens (including phenoxy) is 1. The van der Waals surface area contributed by atoms with Gasteiger partial charge in [0.05, 0.1) is 0 Å². The number of urea groups is 1. The topological polar surface area (TPSA) is 115 Å². The number of nitrogens with one attached hydrogen (secondary N) is 1. The quantitative estimate of drug-likeness (QED) is 0.710. The Morgan fingerprint density at radius 3 is 2.53 bits per heavy atom. The van der Waals surface area contributed by atoms with Crippen LogP contribution in [0.5, 0.6) is 5.88 Å². The standard InChI is InChI=1S/C22H24N4O4/c23-19(27)17-7-4-12-24-20(17)30-16-10-8-15(9-11-16)26-21(28)18(25-22(26)29)13-14-5-2-1-3-6-14/h1-7,12,15-16,18H,8-11,13H2,(H2,23,27)(H,25,29)/t15-,16-,18-/m0/s1. The summed E-state index contributed by atoms with van der Waals surface area (Å²) in [6, 6.07) is 11.9. The molecule has 2 aromatic rings. The van der Waals surface area contributed by atoms with E-state index in [1.54, 1.807) is 18.3 Å². The molecule has 1 aromatic heterocycles. The number of hydrogen-bond acceptors (Lipinski definition) is 5. The highest BCUT2D eigenvalue weighted by Gasteiger charge is 2.43. The fraction of sp³-hybridized carbons (Fsp3) is 0.364. The predicted molar refractivity (Wildman–Crippen MR) is 109 cm³/mol. The van der Waals surface area contributed by atoms with Crippen LogP contribution in [0, 0.1) is 0 Å². The van der Waals surface area contributed by atoms with Crippen LogP contribution < -0.4 is 15.8 Å². The summed E-state index contributed by atoms with van der Waals surface area (Å²) in [6.45, 7) is 0. The van der Waals surface area contributed by atoms with Gasteiger partial charge in [0.25, 0.3) is 11.8 Å². The molecule has 2 aliphatic rings. The molecule has 1 aliphatic heterocycles. The zero-order chi connectivity index (χ0) is 21.1. The number of hydrogen-bond donors (Lipinski definition) is 2. The van der Waals surface area contributed by atoms with Gasteiger partial charge in [-0.15, -0.1) is 0 Å². The van der Waals surface area contributed by atoms with Gasteiger partial charge in [-0.1, -0.05) is 30.3 Å². The molecule has 8 nitrogen and oxygen atoms in total. The van der Waals surface area contributed by atoms with Crippen molar-refractivity contribution in [1.29, 1.82) is 0 Å². The number of nitrogens with zero attached hydrogens (tertiary/aromatic N) is 2. The Balaban J connectivity index is 1.35. The van der Waals surface area contributed by atoms with E-state index >= 15 is 0 Å². The molecule has 8 heteroatoms. The van der Waals surface area contributed by atoms with Crippen molar-refractivity contribution in [2.24, 2.45) is 5.73 Å². The number of carbonyl (C=O) groups is 3. The zero-order valence-corrected chi connectivity index (χ0v) is 16.5. The molecule has 1 atom stereocenters. The molecule has 2 heterocycles. The molecule has 30 heavy (non-hydrogen) atoms. The normalized spacial score (nSPS) is 23.9. The molecule has 0 unspecified atom stereocenters. The summed E-state index contributed by atoms with van der Waals surface area (Å²) in [5.74, 6) is -0.532. The van der Waals surface area contributed by atoms with Gasteiger partial charge in [0, 0.05) is 18.7 Å². The highest BCUT2D eigenvalue weighted by Crippen LogP contribution is 2.29. The first kappa shape index (κ1) is 19.9. The number of nitrogens with two attached hydrogens (primary N) is 1. The first-order valence-corrected chi connectivity index (χ1v) is 10.1. The minimum atomic E-state index is -0.587. The van der Waals surface area contributed by atoms with Crippen molar-refractivity contribution in [3.05, 3.63) is 59.8 Å². The van der Waals surface area contributed by atoms with Gasteiger partial charge in [0.15, 0.2) is 0 Å². The maximum atomic E-state index is 12.9. The third-order valence-electron chi connectivity index (χ3n) is 5.66. The Bertz CT molecular complexity index is 941. The summed E-state index contributed by atoms with van der Waals surface area (Å²) < 4.78 is 5.90. The molecule has 3 N–H and O–H groups in total. The number of imide groups is 1. The van der Waals surface area contributed by atoms with Gasteiger partial charge in [0.1, 0.15) is 17.7 Å². The predicted octanol–water partition coefficient (Wildman–Crippen LogP) is 2.03. The van der Waals surface area contributed by atoms with Crippen molar-refractivity contribution >= 4 is 17.8 Å². The second-order valence-electron chi connectivity index (χ2n) is 7.67. The molecular formula is C22H24N4O4. The average Bonchev–Trinajstić information content (AvgIpc) is 3.02. The van der Waals surface area contributed by atoms with Crippen molar-refractivity contribution in [3.63, 3.8) is 0 Å². The lowest BCUT2D eigenvalue weighted by atomic mass is 9.91. The second kappa shape index (κ2) is 8.52. The monoisotopic (exact) mass is 408 g/mol. The van der Waals surface area contributed by atoms with Crippen LogP contribution in [0.15, 0.2) is 48.7 Å². The van der Waals surface area contributed by atoms with E-state index < -0.39 is 11.9 Å². The van der Waals surface area contributed by atoms with E-state index in [1.807, 2.05) is 30.3 Å². The maximum Gasteiger partial charge on any atom is 0.325 e. The second-order valence-corrected chi connectivity index (χ2v) is 7.67. The fourth-order valence-electron chi connectivity index (χ4n) is 4.13. The number of primary amides is 1. The summed E-state index contributed by atoms with van der Waals surface area (Å²) in [6.07, 6.45) is 4.47. The van der Waals surface area contributed by atoms with E-state index in [-0.39, 0.29) is 35.5 Å². The molecule has 0 spiro atoms. The van der Waals surface area contributed by atoms with E-state index in [0.717, 1.165) is 5.56 Å². The summed E-state index contributed by atoms with van der Waals surface area (Å²) in [7, 11) is 0. The summed E-state index contributed by atoms with van der Waals surface area (Å²) in [5.41, 5.74) is 6.63. The van der Waals surface area contributed by atoms with Gasteiger partial charge in [-0.25, -0.2) is 9.78 Å². The number of amides is 4. The number of rotatable bonds is 6. The van der Waals surface area contributed by atoms with Crippen LogP contribution in [0.1, 0.15) is 41.6 Å². The van der Waals surface area contributed by atoms with Gasteiger partial charge in [-0.2, -0.15) is 0 Å². The fourth-order valence-corrected chi connectivity index (χ4v) is 4.13. The SMILES string of the molecule is NC(=O)c1cccnc1O[C@H]1CC[C@H](N2C(=O)N[C@@H](Cc3ccccc3)C2=O)CC1. The molecule has 1 aromatic carbocycles. The van der Waals surface area contributed by atoms with Crippen molar-refractivity contribution in [1.82, 2.24) is 15.2 Å². The van der Waals surface area contributed by atoms with Gasteiger partial charge in [-0.3, -0.25) is 14.5 Å². The molecule has 0 radical (unpaired) electrons. The highest BCUT2D eigenvalue weighted by molar-refractivity contribution is 6.04. The first-order valence-electron chi connectivity index (χ1n) is 10.1. The smallest absolute Gasteiger partial charge is 0.325 e. The molecule has 4 rings (SSSR count). The summed E-state index contributed by atoms with van der Waals surface area (Å²) >= 11 is 0. The van der Waals surface area contributed by atoms with E-state index in [0.29, 0.717) is 32.1 Å². The van der Waals surface area contributed by atoms with Crippen LogP contribution in [0.25, 0.3) is 0 Å². The number of pyridine rings is 1. The van der Waals surface area contributed by atoms with Crippen LogP contribution in [-0.2, 0) is 11.2 Å². The van der Waals surface area contributed by atoms with E-state index in [2.05, 4.69) is 10.3 Å². The molecule has 1 saturated heterocycles. The van der Waals surface area contributed by atoms with E-state index in [1.165, 1.54) is 4.90 Å². The number of aromatic nitrogens is 1. The Morgan fingerprint density at radius 1 is 1.10 bits per heavy atom. The van der Waals surface area contributed by atoms with E-state index in [4.69, 9.17) is 10.5 Å². The van der Waals surface area contributed by atoms with Crippen molar-refractivity contribution in [2.75, 3.05) is 0 Å². The van der Waals surface area contributed by atoms with Gasteiger partial charge in [0.2, 0.25) is 5.88 Å². The number of carbonyl (C=O) groups excluding carboxylic acids is 3. The van der Waals surface area contributed by atoms with Crippen LogP contribution in [0.4, 0.5) is 4.79 Å². The molecule has 1 saturated carbocycles. The molecule has 2 fully saturated rings. The molecule has 4 amide bonds. The lowest BCUT2D eigenvalue weighted by Crippen LogP contribution is -2.44.